The van der Waals surface area contributed by atoms with E-state index in [9.17, 15) is 5.26 Å². The van der Waals surface area contributed by atoms with Crippen LogP contribution < -0.4 is 14.8 Å². The molecule has 1 aromatic carbocycles. The Balaban J connectivity index is 1.74. The molecule has 4 nitrogen and oxygen atoms in total. The highest BCUT2D eigenvalue weighted by Crippen LogP contribution is 2.32. The maximum atomic E-state index is 9.49. The monoisotopic (exact) mass is 286 g/mol. The zero-order valence-electron chi connectivity index (χ0n) is 12.3. The van der Waals surface area contributed by atoms with E-state index in [1.807, 2.05) is 18.2 Å². The fourth-order valence-corrected chi connectivity index (χ4v) is 3.07. The Bertz CT molecular complexity index is 518. The Labute approximate surface area is 126 Å². The van der Waals surface area contributed by atoms with E-state index in [1.165, 1.54) is 32.1 Å². The van der Waals surface area contributed by atoms with Gasteiger partial charge in [-0.15, -0.1) is 0 Å². The van der Waals surface area contributed by atoms with Gasteiger partial charge < -0.3 is 9.47 Å². The van der Waals surface area contributed by atoms with Crippen molar-refractivity contribution < 1.29 is 9.47 Å². The van der Waals surface area contributed by atoms with Crippen molar-refractivity contribution in [1.82, 2.24) is 5.32 Å². The number of ether oxygens (including phenoxy) is 2. The summed E-state index contributed by atoms with van der Waals surface area (Å²) < 4.78 is 11.4. The van der Waals surface area contributed by atoms with Crippen molar-refractivity contribution in [1.29, 1.82) is 5.26 Å². The molecule has 0 saturated heterocycles. The summed E-state index contributed by atoms with van der Waals surface area (Å²) in [4.78, 5) is 0. The van der Waals surface area contributed by atoms with E-state index in [0.29, 0.717) is 19.3 Å². The quantitative estimate of drug-likeness (QED) is 0.926. The van der Waals surface area contributed by atoms with Gasteiger partial charge in [0.05, 0.1) is 19.3 Å². The van der Waals surface area contributed by atoms with Crippen molar-refractivity contribution in [3.05, 3.63) is 23.8 Å². The summed E-state index contributed by atoms with van der Waals surface area (Å²) in [5, 5.41) is 13.0. The maximum Gasteiger partial charge on any atom is 0.161 e. The summed E-state index contributed by atoms with van der Waals surface area (Å²) in [5.41, 5.74) is 0.965. The van der Waals surface area contributed by atoms with E-state index in [2.05, 4.69) is 11.4 Å². The molecule has 21 heavy (non-hydrogen) atoms. The summed E-state index contributed by atoms with van der Waals surface area (Å²) in [6.45, 7) is 1.36. The van der Waals surface area contributed by atoms with Gasteiger partial charge in [0.2, 0.25) is 0 Å². The number of fused-ring (bicyclic) bond motifs is 1. The number of benzene rings is 1. The topological polar surface area (TPSA) is 54.3 Å². The van der Waals surface area contributed by atoms with Gasteiger partial charge in [0.15, 0.2) is 11.5 Å². The average molecular weight is 286 g/mol. The molecule has 2 aliphatic rings. The molecular formula is C17H22N2O2. The predicted molar refractivity (Wildman–Crippen MR) is 80.4 cm³/mol. The second-order valence-corrected chi connectivity index (χ2v) is 5.82. The van der Waals surface area contributed by atoms with Gasteiger partial charge in [-0.1, -0.05) is 25.3 Å². The molecule has 0 spiro atoms. The molecule has 1 unspecified atom stereocenters. The fraction of sp³-hybridized carbons (Fsp3) is 0.588. The zero-order chi connectivity index (χ0) is 14.5. The Morgan fingerprint density at radius 2 is 1.81 bits per heavy atom. The molecule has 3 rings (SSSR count). The first-order chi connectivity index (χ1) is 10.4. The van der Waals surface area contributed by atoms with Crippen LogP contribution in [-0.2, 0) is 0 Å². The zero-order valence-corrected chi connectivity index (χ0v) is 12.3. The largest absolute Gasteiger partial charge is 0.490 e. The van der Waals surface area contributed by atoms with Gasteiger partial charge in [-0.2, -0.15) is 5.26 Å². The molecule has 1 heterocycles. The molecule has 112 valence electrons. The SMILES string of the molecule is N#CC(NC1CCCCC1)c1ccc2c(c1)OCCCO2. The lowest BCUT2D eigenvalue weighted by Crippen LogP contribution is -2.33. The summed E-state index contributed by atoms with van der Waals surface area (Å²) in [5.74, 6) is 1.54. The van der Waals surface area contributed by atoms with Crippen molar-refractivity contribution in [2.45, 2.75) is 50.6 Å². The molecule has 1 fully saturated rings. The Hall–Kier alpha value is -1.73. The minimum absolute atomic E-state index is 0.273. The van der Waals surface area contributed by atoms with Gasteiger partial charge in [-0.25, -0.2) is 0 Å². The number of nitrogens with one attached hydrogen (secondary N) is 1. The summed E-state index contributed by atoms with van der Waals surface area (Å²) in [7, 11) is 0. The summed E-state index contributed by atoms with van der Waals surface area (Å²) >= 11 is 0. The van der Waals surface area contributed by atoms with Crippen molar-refractivity contribution in [3.8, 4) is 17.6 Å². The van der Waals surface area contributed by atoms with Gasteiger partial charge in [-0.05, 0) is 30.5 Å². The van der Waals surface area contributed by atoms with Crippen LogP contribution in [0, 0.1) is 11.3 Å². The first-order valence-corrected chi connectivity index (χ1v) is 7.92. The smallest absolute Gasteiger partial charge is 0.161 e. The van der Waals surface area contributed by atoms with Gasteiger partial charge in [0, 0.05) is 12.5 Å². The first-order valence-electron chi connectivity index (χ1n) is 7.92. The molecule has 1 saturated carbocycles. The van der Waals surface area contributed by atoms with Crippen LogP contribution in [-0.4, -0.2) is 19.3 Å². The minimum Gasteiger partial charge on any atom is -0.490 e. The van der Waals surface area contributed by atoms with Crippen LogP contribution in [0.25, 0.3) is 0 Å². The van der Waals surface area contributed by atoms with Crippen LogP contribution >= 0.6 is 0 Å². The summed E-state index contributed by atoms with van der Waals surface area (Å²) in [6.07, 6.45) is 7.07. The number of rotatable bonds is 3. The van der Waals surface area contributed by atoms with E-state index in [0.717, 1.165) is 23.5 Å². The van der Waals surface area contributed by atoms with Crippen molar-refractivity contribution in [2.75, 3.05) is 13.2 Å². The normalized spacial score (nSPS) is 20.3. The van der Waals surface area contributed by atoms with Crippen molar-refractivity contribution in [3.63, 3.8) is 0 Å². The molecule has 0 bridgehead atoms. The lowest BCUT2D eigenvalue weighted by molar-refractivity contribution is 0.297. The van der Waals surface area contributed by atoms with Gasteiger partial charge in [-0.3, -0.25) is 5.32 Å². The van der Waals surface area contributed by atoms with Gasteiger partial charge in [0.25, 0.3) is 0 Å². The van der Waals surface area contributed by atoms with Crippen LogP contribution in [0.4, 0.5) is 0 Å². The van der Waals surface area contributed by atoms with E-state index in [-0.39, 0.29) is 6.04 Å². The van der Waals surface area contributed by atoms with Crippen LogP contribution in [0.5, 0.6) is 11.5 Å². The van der Waals surface area contributed by atoms with E-state index in [1.54, 1.807) is 0 Å². The second kappa shape index (κ2) is 6.82. The molecule has 0 aromatic heterocycles. The Morgan fingerprint density at radius 3 is 2.57 bits per heavy atom. The number of nitriles is 1. The highest BCUT2D eigenvalue weighted by atomic mass is 16.5. The molecule has 1 atom stereocenters. The Morgan fingerprint density at radius 1 is 1.05 bits per heavy atom. The second-order valence-electron chi connectivity index (χ2n) is 5.82. The lowest BCUT2D eigenvalue weighted by atomic mass is 9.94. The number of hydrogen-bond acceptors (Lipinski definition) is 4. The highest BCUT2D eigenvalue weighted by Gasteiger charge is 2.20. The molecule has 4 heteroatoms. The van der Waals surface area contributed by atoms with Crippen LogP contribution in [0.2, 0.25) is 0 Å². The third-order valence-electron chi connectivity index (χ3n) is 4.24. The third kappa shape index (κ3) is 3.48. The number of nitrogens with zero attached hydrogens (tertiary/aromatic N) is 1. The average Bonchev–Trinajstić information content (AvgIpc) is 2.78. The third-order valence-corrected chi connectivity index (χ3v) is 4.24. The number of hydrogen-bond donors (Lipinski definition) is 1. The van der Waals surface area contributed by atoms with Gasteiger partial charge in [0.1, 0.15) is 6.04 Å². The maximum absolute atomic E-state index is 9.49. The predicted octanol–water partition coefficient (Wildman–Crippen LogP) is 3.33. The molecular weight excluding hydrogens is 264 g/mol. The van der Waals surface area contributed by atoms with E-state index < -0.39 is 0 Å². The Kier molecular flexibility index (Phi) is 4.62. The molecule has 1 aliphatic heterocycles. The molecule has 0 radical (unpaired) electrons. The van der Waals surface area contributed by atoms with Crippen molar-refractivity contribution in [2.24, 2.45) is 0 Å². The molecule has 1 aliphatic carbocycles. The minimum atomic E-state index is -0.273. The summed E-state index contributed by atoms with van der Waals surface area (Å²) in [6, 6.07) is 8.40. The first kappa shape index (κ1) is 14.2. The standard InChI is InChI=1S/C17H22N2O2/c18-12-15(19-14-5-2-1-3-6-14)13-7-8-16-17(11-13)21-10-4-9-20-16/h7-8,11,14-15,19H,1-6,9-10H2. The molecule has 1 N–H and O–H groups in total. The van der Waals surface area contributed by atoms with Crippen LogP contribution in [0.3, 0.4) is 0 Å². The van der Waals surface area contributed by atoms with E-state index >= 15 is 0 Å². The van der Waals surface area contributed by atoms with Crippen LogP contribution in [0.15, 0.2) is 18.2 Å². The van der Waals surface area contributed by atoms with Gasteiger partial charge >= 0.3 is 0 Å². The molecule has 1 aromatic rings. The molecule has 0 amide bonds. The van der Waals surface area contributed by atoms with Crippen molar-refractivity contribution >= 4 is 0 Å². The van der Waals surface area contributed by atoms with Crippen LogP contribution in [0.1, 0.15) is 50.1 Å². The lowest BCUT2D eigenvalue weighted by Gasteiger charge is -2.25. The highest BCUT2D eigenvalue weighted by molar-refractivity contribution is 5.45. The fourth-order valence-electron chi connectivity index (χ4n) is 3.07. The van der Waals surface area contributed by atoms with E-state index in [4.69, 9.17) is 9.47 Å².